The fourth-order valence-corrected chi connectivity index (χ4v) is 2.71. The number of fused-ring (bicyclic) bond motifs is 1. The number of hydrogen-bond donors (Lipinski definition) is 0. The summed E-state index contributed by atoms with van der Waals surface area (Å²) in [5.74, 6) is 0.971. The molecule has 3 rings (SSSR count). The second-order valence-electron chi connectivity index (χ2n) is 4.76. The molecule has 1 amide bonds. The van der Waals surface area contributed by atoms with Crippen molar-refractivity contribution in [1.82, 2.24) is 0 Å². The third-order valence-corrected chi connectivity index (χ3v) is 3.44. The van der Waals surface area contributed by atoms with E-state index in [4.69, 9.17) is 4.42 Å². The summed E-state index contributed by atoms with van der Waals surface area (Å²) in [5, 5.41) is 0. The summed E-state index contributed by atoms with van der Waals surface area (Å²) in [7, 11) is 0. The van der Waals surface area contributed by atoms with E-state index >= 15 is 0 Å². The first kappa shape index (κ1) is 11.1. The largest absolute Gasteiger partial charge is 0.464 e. The first-order valence-corrected chi connectivity index (χ1v) is 6.13. The molecule has 1 aliphatic rings. The number of nitrogens with zero attached hydrogens (tertiary/aromatic N) is 1. The molecular weight excluding hydrogens is 226 g/mol. The van der Waals surface area contributed by atoms with Crippen molar-refractivity contribution in [2.45, 2.75) is 26.3 Å². The van der Waals surface area contributed by atoms with E-state index in [1.54, 1.807) is 13.2 Å². The molecule has 0 N–H and O–H groups in total. The molecule has 92 valence electrons. The van der Waals surface area contributed by atoms with Crippen LogP contribution >= 0.6 is 0 Å². The minimum absolute atomic E-state index is 0.104. The Morgan fingerprint density at radius 2 is 2.22 bits per heavy atom. The van der Waals surface area contributed by atoms with Gasteiger partial charge in [-0.1, -0.05) is 0 Å². The summed E-state index contributed by atoms with van der Waals surface area (Å²) in [6.45, 7) is 3.69. The van der Waals surface area contributed by atoms with Gasteiger partial charge in [-0.3, -0.25) is 4.79 Å². The van der Waals surface area contributed by atoms with Crippen LogP contribution in [0.3, 0.4) is 0 Å². The van der Waals surface area contributed by atoms with Crippen LogP contribution in [-0.2, 0) is 11.2 Å². The van der Waals surface area contributed by atoms with E-state index < -0.39 is 0 Å². The molecule has 2 aromatic rings. The van der Waals surface area contributed by atoms with E-state index in [2.05, 4.69) is 13.0 Å². The number of furan rings is 1. The lowest BCUT2D eigenvalue weighted by Crippen LogP contribution is -2.33. The zero-order valence-corrected chi connectivity index (χ0v) is 10.5. The van der Waals surface area contributed by atoms with E-state index in [0.29, 0.717) is 0 Å². The molecule has 0 bridgehead atoms. The van der Waals surface area contributed by atoms with Gasteiger partial charge in [0.05, 0.1) is 6.26 Å². The summed E-state index contributed by atoms with van der Waals surface area (Å²) in [6, 6.07) is 10.2. The number of amides is 1. The lowest BCUT2D eigenvalue weighted by molar-refractivity contribution is -0.116. The van der Waals surface area contributed by atoms with E-state index in [-0.39, 0.29) is 11.9 Å². The van der Waals surface area contributed by atoms with Crippen LogP contribution in [0.1, 0.15) is 19.4 Å². The normalized spacial score (nSPS) is 17.9. The van der Waals surface area contributed by atoms with Gasteiger partial charge in [0.15, 0.2) is 0 Å². The standard InChI is InChI=1S/C15H15NO2/c1-10-8-13-9-12(15-4-3-7-18-15)5-6-14(13)16(10)11(2)17/h3-7,9-10H,8H2,1-2H3. The van der Waals surface area contributed by atoms with Gasteiger partial charge in [-0.05, 0) is 49.2 Å². The number of carbonyl (C=O) groups excluding carboxylic acids is 1. The maximum Gasteiger partial charge on any atom is 0.224 e. The molecule has 2 heterocycles. The molecule has 1 aromatic heterocycles. The van der Waals surface area contributed by atoms with Crippen LogP contribution in [0.5, 0.6) is 0 Å². The SMILES string of the molecule is CC(=O)N1c2ccc(-c3ccco3)cc2CC1C. The summed E-state index contributed by atoms with van der Waals surface area (Å²) in [6.07, 6.45) is 2.58. The highest BCUT2D eigenvalue weighted by molar-refractivity contribution is 5.95. The van der Waals surface area contributed by atoms with Crippen LogP contribution in [0.2, 0.25) is 0 Å². The Morgan fingerprint density at radius 3 is 2.89 bits per heavy atom. The monoisotopic (exact) mass is 241 g/mol. The predicted molar refractivity (Wildman–Crippen MR) is 70.5 cm³/mol. The van der Waals surface area contributed by atoms with E-state index in [1.807, 2.05) is 29.2 Å². The lowest BCUT2D eigenvalue weighted by Gasteiger charge is -2.20. The smallest absolute Gasteiger partial charge is 0.224 e. The van der Waals surface area contributed by atoms with Crippen molar-refractivity contribution in [3.8, 4) is 11.3 Å². The number of rotatable bonds is 1. The Morgan fingerprint density at radius 1 is 1.39 bits per heavy atom. The fraction of sp³-hybridized carbons (Fsp3) is 0.267. The molecule has 0 spiro atoms. The van der Waals surface area contributed by atoms with E-state index in [0.717, 1.165) is 23.4 Å². The lowest BCUT2D eigenvalue weighted by atomic mass is 10.1. The summed E-state index contributed by atoms with van der Waals surface area (Å²) >= 11 is 0. The molecule has 18 heavy (non-hydrogen) atoms. The summed E-state index contributed by atoms with van der Waals surface area (Å²) in [4.78, 5) is 13.5. The van der Waals surface area contributed by atoms with Gasteiger partial charge in [0.25, 0.3) is 0 Å². The van der Waals surface area contributed by atoms with Crippen LogP contribution < -0.4 is 4.90 Å². The third-order valence-electron chi connectivity index (χ3n) is 3.44. The van der Waals surface area contributed by atoms with Gasteiger partial charge < -0.3 is 9.32 Å². The molecule has 1 aromatic carbocycles. The van der Waals surface area contributed by atoms with Gasteiger partial charge in [0.1, 0.15) is 5.76 Å². The highest BCUT2D eigenvalue weighted by atomic mass is 16.3. The third kappa shape index (κ3) is 1.63. The average molecular weight is 241 g/mol. The topological polar surface area (TPSA) is 33.5 Å². The molecule has 0 aliphatic carbocycles. The molecule has 0 saturated carbocycles. The number of carbonyl (C=O) groups is 1. The molecule has 1 unspecified atom stereocenters. The Kier molecular flexibility index (Phi) is 2.47. The van der Waals surface area contributed by atoms with Crippen molar-refractivity contribution in [2.24, 2.45) is 0 Å². The van der Waals surface area contributed by atoms with Crippen LogP contribution in [0.25, 0.3) is 11.3 Å². The van der Waals surface area contributed by atoms with E-state index in [9.17, 15) is 4.79 Å². The summed E-state index contributed by atoms with van der Waals surface area (Å²) in [5.41, 5.74) is 3.31. The molecule has 1 atom stereocenters. The van der Waals surface area contributed by atoms with Crippen molar-refractivity contribution in [2.75, 3.05) is 4.90 Å². The van der Waals surface area contributed by atoms with Crippen molar-refractivity contribution in [1.29, 1.82) is 0 Å². The molecule has 3 nitrogen and oxygen atoms in total. The van der Waals surface area contributed by atoms with Crippen molar-refractivity contribution in [3.63, 3.8) is 0 Å². The highest BCUT2D eigenvalue weighted by Gasteiger charge is 2.28. The minimum Gasteiger partial charge on any atom is -0.464 e. The van der Waals surface area contributed by atoms with Gasteiger partial charge in [0.2, 0.25) is 5.91 Å². The first-order chi connectivity index (χ1) is 8.66. The predicted octanol–water partition coefficient (Wildman–Crippen LogP) is 3.24. The van der Waals surface area contributed by atoms with Crippen LogP contribution in [0.15, 0.2) is 41.0 Å². The molecule has 0 radical (unpaired) electrons. The molecular formula is C15H15NO2. The van der Waals surface area contributed by atoms with Crippen molar-refractivity contribution in [3.05, 3.63) is 42.2 Å². The highest BCUT2D eigenvalue weighted by Crippen LogP contribution is 2.35. The minimum atomic E-state index is 0.104. The molecule has 0 fully saturated rings. The zero-order chi connectivity index (χ0) is 12.7. The van der Waals surface area contributed by atoms with Gasteiger partial charge in [-0.2, -0.15) is 0 Å². The van der Waals surface area contributed by atoms with Crippen molar-refractivity contribution < 1.29 is 9.21 Å². The average Bonchev–Trinajstić information content (AvgIpc) is 2.92. The second-order valence-corrected chi connectivity index (χ2v) is 4.76. The molecule has 0 saturated heterocycles. The maximum atomic E-state index is 11.6. The van der Waals surface area contributed by atoms with Crippen molar-refractivity contribution >= 4 is 11.6 Å². The van der Waals surface area contributed by atoms with Crippen LogP contribution in [0.4, 0.5) is 5.69 Å². The van der Waals surface area contributed by atoms with Gasteiger partial charge in [-0.25, -0.2) is 0 Å². The fourth-order valence-electron chi connectivity index (χ4n) is 2.71. The Bertz CT molecular complexity index is 587. The Balaban J connectivity index is 2.04. The molecule has 3 heteroatoms. The number of anilines is 1. The second kappa shape index (κ2) is 4.02. The maximum absolute atomic E-state index is 11.6. The van der Waals surface area contributed by atoms with Crippen LogP contribution in [0, 0.1) is 0 Å². The Labute approximate surface area is 106 Å². The van der Waals surface area contributed by atoms with Gasteiger partial charge in [-0.15, -0.1) is 0 Å². The molecule has 1 aliphatic heterocycles. The Hall–Kier alpha value is -2.03. The van der Waals surface area contributed by atoms with Crippen LogP contribution in [-0.4, -0.2) is 11.9 Å². The quantitative estimate of drug-likeness (QED) is 0.768. The first-order valence-electron chi connectivity index (χ1n) is 6.13. The zero-order valence-electron chi connectivity index (χ0n) is 10.5. The van der Waals surface area contributed by atoms with E-state index in [1.165, 1.54) is 5.56 Å². The summed E-state index contributed by atoms with van der Waals surface area (Å²) < 4.78 is 5.40. The van der Waals surface area contributed by atoms with Gasteiger partial charge >= 0.3 is 0 Å². The van der Waals surface area contributed by atoms with Gasteiger partial charge in [0, 0.05) is 24.2 Å². The number of hydrogen-bond acceptors (Lipinski definition) is 2. The number of benzene rings is 1.